The molecule has 1 aliphatic rings. The summed E-state index contributed by atoms with van der Waals surface area (Å²) >= 11 is 0. The lowest BCUT2D eigenvalue weighted by Crippen LogP contribution is -2.35. The fraction of sp³-hybridized carbons (Fsp3) is 0.889. The van der Waals surface area contributed by atoms with E-state index in [0.29, 0.717) is 6.61 Å². The van der Waals surface area contributed by atoms with Crippen molar-refractivity contribution >= 4 is 5.91 Å². The van der Waals surface area contributed by atoms with Gasteiger partial charge in [-0.2, -0.15) is 0 Å². The average molecular weight is 171 g/mol. The molecule has 1 fully saturated rings. The highest BCUT2D eigenvalue weighted by molar-refractivity contribution is 5.78. The Bertz CT molecular complexity index is 141. The number of amides is 1. The maximum Gasteiger partial charge on any atom is 0.225 e. The summed E-state index contributed by atoms with van der Waals surface area (Å²) in [6, 6.07) is 0. The largest absolute Gasteiger partial charge is 0.381 e. The maximum absolute atomic E-state index is 11.4. The van der Waals surface area contributed by atoms with Gasteiger partial charge in [-0.1, -0.05) is 6.92 Å². The van der Waals surface area contributed by atoms with Gasteiger partial charge in [0.15, 0.2) is 0 Å². The van der Waals surface area contributed by atoms with Crippen LogP contribution in [0.1, 0.15) is 26.2 Å². The Hall–Kier alpha value is -0.570. The molecule has 3 nitrogen and oxygen atoms in total. The standard InChI is InChI=1S/C9H17NO2/c1-2-5-10-9(11)8-4-3-6-12-7-8/h8H,2-7H2,1H3,(H,10,11). The van der Waals surface area contributed by atoms with Gasteiger partial charge < -0.3 is 10.1 Å². The van der Waals surface area contributed by atoms with Crippen LogP contribution in [0, 0.1) is 5.92 Å². The summed E-state index contributed by atoms with van der Waals surface area (Å²) < 4.78 is 5.22. The molecule has 1 atom stereocenters. The van der Waals surface area contributed by atoms with Crippen LogP contribution in [0.2, 0.25) is 0 Å². The van der Waals surface area contributed by atoms with Crippen molar-refractivity contribution in [3.05, 3.63) is 0 Å². The van der Waals surface area contributed by atoms with Gasteiger partial charge in [0.2, 0.25) is 5.91 Å². The first-order chi connectivity index (χ1) is 5.84. The maximum atomic E-state index is 11.4. The van der Waals surface area contributed by atoms with Crippen molar-refractivity contribution < 1.29 is 9.53 Å². The highest BCUT2D eigenvalue weighted by Crippen LogP contribution is 2.12. The minimum atomic E-state index is 0.102. The van der Waals surface area contributed by atoms with Crippen molar-refractivity contribution in [1.29, 1.82) is 0 Å². The van der Waals surface area contributed by atoms with E-state index in [-0.39, 0.29) is 11.8 Å². The Morgan fingerprint density at radius 3 is 3.08 bits per heavy atom. The van der Waals surface area contributed by atoms with E-state index < -0.39 is 0 Å². The molecule has 1 rings (SSSR count). The minimum absolute atomic E-state index is 0.102. The Kier molecular flexibility index (Phi) is 4.08. The van der Waals surface area contributed by atoms with E-state index >= 15 is 0 Å². The highest BCUT2D eigenvalue weighted by Gasteiger charge is 2.20. The van der Waals surface area contributed by atoms with Crippen LogP contribution in [0.3, 0.4) is 0 Å². The second-order valence-corrected chi connectivity index (χ2v) is 3.21. The predicted molar refractivity (Wildman–Crippen MR) is 46.8 cm³/mol. The molecule has 0 bridgehead atoms. The molecular weight excluding hydrogens is 154 g/mol. The first-order valence-electron chi connectivity index (χ1n) is 4.70. The zero-order chi connectivity index (χ0) is 8.81. The molecule has 1 N–H and O–H groups in total. The molecule has 3 heteroatoms. The fourth-order valence-corrected chi connectivity index (χ4v) is 1.34. The van der Waals surface area contributed by atoms with E-state index in [4.69, 9.17) is 4.74 Å². The molecule has 1 saturated heterocycles. The van der Waals surface area contributed by atoms with Crippen LogP contribution >= 0.6 is 0 Å². The normalized spacial score (nSPS) is 23.6. The van der Waals surface area contributed by atoms with Crippen molar-refractivity contribution in [2.75, 3.05) is 19.8 Å². The number of carbonyl (C=O) groups excluding carboxylic acids is 1. The summed E-state index contributed by atoms with van der Waals surface area (Å²) in [5.41, 5.74) is 0. The SMILES string of the molecule is CCCNC(=O)C1CCCOC1. The summed E-state index contributed by atoms with van der Waals surface area (Å²) in [5.74, 6) is 0.266. The molecule has 0 aromatic heterocycles. The lowest BCUT2D eigenvalue weighted by molar-refractivity contribution is -0.128. The molecule has 0 aromatic rings. The number of hydrogen-bond donors (Lipinski definition) is 1. The Morgan fingerprint density at radius 1 is 1.67 bits per heavy atom. The van der Waals surface area contributed by atoms with Gasteiger partial charge >= 0.3 is 0 Å². The van der Waals surface area contributed by atoms with Crippen molar-refractivity contribution in [2.24, 2.45) is 5.92 Å². The van der Waals surface area contributed by atoms with Crippen LogP contribution in [0.4, 0.5) is 0 Å². The monoisotopic (exact) mass is 171 g/mol. The molecule has 1 heterocycles. The van der Waals surface area contributed by atoms with Crippen molar-refractivity contribution in [2.45, 2.75) is 26.2 Å². The van der Waals surface area contributed by atoms with Gasteiger partial charge in [0, 0.05) is 13.2 Å². The van der Waals surface area contributed by atoms with Gasteiger partial charge in [-0.05, 0) is 19.3 Å². The molecule has 70 valence electrons. The average Bonchev–Trinajstić information content (AvgIpc) is 2.15. The van der Waals surface area contributed by atoms with Crippen molar-refractivity contribution in [3.8, 4) is 0 Å². The summed E-state index contributed by atoms with van der Waals surface area (Å²) in [6.07, 6.45) is 3.00. The number of hydrogen-bond acceptors (Lipinski definition) is 2. The van der Waals surface area contributed by atoms with E-state index in [1.165, 1.54) is 0 Å². The van der Waals surface area contributed by atoms with Crippen LogP contribution < -0.4 is 5.32 Å². The van der Waals surface area contributed by atoms with Gasteiger partial charge in [0.05, 0.1) is 12.5 Å². The zero-order valence-corrected chi connectivity index (χ0v) is 7.64. The molecule has 12 heavy (non-hydrogen) atoms. The fourth-order valence-electron chi connectivity index (χ4n) is 1.34. The van der Waals surface area contributed by atoms with Crippen molar-refractivity contribution in [3.63, 3.8) is 0 Å². The molecule has 0 aliphatic carbocycles. The third kappa shape index (κ3) is 2.81. The molecule has 1 aliphatic heterocycles. The van der Waals surface area contributed by atoms with E-state index in [0.717, 1.165) is 32.4 Å². The van der Waals surface area contributed by atoms with E-state index in [2.05, 4.69) is 12.2 Å². The van der Waals surface area contributed by atoms with Gasteiger partial charge in [0.1, 0.15) is 0 Å². The molecular formula is C9H17NO2. The Morgan fingerprint density at radius 2 is 2.50 bits per heavy atom. The molecule has 0 aromatic carbocycles. The van der Waals surface area contributed by atoms with Crippen LogP contribution in [0.15, 0.2) is 0 Å². The van der Waals surface area contributed by atoms with Gasteiger partial charge in [-0.3, -0.25) is 4.79 Å². The van der Waals surface area contributed by atoms with E-state index in [9.17, 15) is 4.79 Å². The summed E-state index contributed by atoms with van der Waals surface area (Å²) in [5, 5.41) is 2.88. The molecule has 0 saturated carbocycles. The zero-order valence-electron chi connectivity index (χ0n) is 7.64. The van der Waals surface area contributed by atoms with Gasteiger partial charge in [-0.15, -0.1) is 0 Å². The smallest absolute Gasteiger partial charge is 0.225 e. The van der Waals surface area contributed by atoms with Crippen LogP contribution in [0.25, 0.3) is 0 Å². The number of nitrogens with one attached hydrogen (secondary N) is 1. The second-order valence-electron chi connectivity index (χ2n) is 3.21. The molecule has 1 amide bonds. The highest BCUT2D eigenvalue weighted by atomic mass is 16.5. The quantitative estimate of drug-likeness (QED) is 0.686. The molecule has 0 spiro atoms. The lowest BCUT2D eigenvalue weighted by atomic mass is 10.0. The van der Waals surface area contributed by atoms with Crippen LogP contribution in [0.5, 0.6) is 0 Å². The minimum Gasteiger partial charge on any atom is -0.381 e. The summed E-state index contributed by atoms with van der Waals surface area (Å²) in [4.78, 5) is 11.4. The summed E-state index contributed by atoms with van der Waals surface area (Å²) in [6.45, 7) is 4.26. The van der Waals surface area contributed by atoms with Crippen LogP contribution in [-0.2, 0) is 9.53 Å². The van der Waals surface area contributed by atoms with Gasteiger partial charge in [0.25, 0.3) is 0 Å². The topological polar surface area (TPSA) is 38.3 Å². The van der Waals surface area contributed by atoms with E-state index in [1.54, 1.807) is 0 Å². The first kappa shape index (κ1) is 9.52. The number of carbonyl (C=O) groups is 1. The summed E-state index contributed by atoms with van der Waals surface area (Å²) in [7, 11) is 0. The van der Waals surface area contributed by atoms with Crippen molar-refractivity contribution in [1.82, 2.24) is 5.32 Å². The lowest BCUT2D eigenvalue weighted by Gasteiger charge is -2.20. The number of ether oxygens (including phenoxy) is 1. The molecule has 0 radical (unpaired) electrons. The Labute approximate surface area is 73.5 Å². The van der Waals surface area contributed by atoms with Crippen LogP contribution in [-0.4, -0.2) is 25.7 Å². The second kappa shape index (κ2) is 5.14. The Balaban J connectivity index is 2.20. The predicted octanol–water partition coefficient (Wildman–Crippen LogP) is 0.939. The molecule has 1 unspecified atom stereocenters. The number of rotatable bonds is 3. The third-order valence-corrected chi connectivity index (χ3v) is 2.08. The first-order valence-corrected chi connectivity index (χ1v) is 4.70. The van der Waals surface area contributed by atoms with Gasteiger partial charge in [-0.25, -0.2) is 0 Å². The van der Waals surface area contributed by atoms with E-state index in [1.807, 2.05) is 0 Å². The third-order valence-electron chi connectivity index (χ3n) is 2.08.